The Morgan fingerprint density at radius 1 is 1.48 bits per heavy atom. The summed E-state index contributed by atoms with van der Waals surface area (Å²) >= 11 is 1.56. The Hall–Kier alpha value is -2.02. The van der Waals surface area contributed by atoms with Crippen LogP contribution in [0.25, 0.3) is 0 Å². The van der Waals surface area contributed by atoms with Gasteiger partial charge in [0.15, 0.2) is 5.13 Å². The van der Waals surface area contributed by atoms with Crippen molar-refractivity contribution in [3.63, 3.8) is 0 Å². The number of rotatable bonds is 5. The fourth-order valence-corrected chi connectivity index (χ4v) is 2.80. The minimum absolute atomic E-state index is 0.128. The van der Waals surface area contributed by atoms with Crippen LogP contribution in [0.5, 0.6) is 0 Å². The summed E-state index contributed by atoms with van der Waals surface area (Å²) in [5.74, 6) is 0.297. The van der Waals surface area contributed by atoms with Gasteiger partial charge in [-0.3, -0.25) is 4.79 Å². The van der Waals surface area contributed by atoms with Crippen LogP contribution in [-0.2, 0) is 6.54 Å². The third-order valence-corrected chi connectivity index (χ3v) is 4.36. The molecule has 0 spiro atoms. The van der Waals surface area contributed by atoms with E-state index in [1.54, 1.807) is 17.5 Å². The van der Waals surface area contributed by atoms with E-state index in [1.165, 1.54) is 6.33 Å². The quantitative estimate of drug-likeness (QED) is 0.912. The fourth-order valence-electron chi connectivity index (χ4n) is 2.05. The molecule has 1 amide bonds. The maximum Gasteiger partial charge on any atom is 0.255 e. The lowest BCUT2D eigenvalue weighted by Crippen LogP contribution is -2.24. The zero-order valence-corrected chi connectivity index (χ0v) is 12.9. The van der Waals surface area contributed by atoms with Crippen LogP contribution in [0, 0.1) is 0 Å². The molecule has 0 radical (unpaired) electrons. The highest BCUT2D eigenvalue weighted by Crippen LogP contribution is 2.40. The first kappa shape index (κ1) is 13.9. The predicted molar refractivity (Wildman–Crippen MR) is 81.6 cm³/mol. The van der Waals surface area contributed by atoms with Crippen LogP contribution in [0.15, 0.2) is 17.9 Å². The van der Waals surface area contributed by atoms with Crippen molar-refractivity contribution in [2.45, 2.75) is 25.3 Å². The molecule has 3 rings (SSSR count). The zero-order chi connectivity index (χ0) is 14.8. The molecule has 21 heavy (non-hydrogen) atoms. The van der Waals surface area contributed by atoms with Gasteiger partial charge in [-0.1, -0.05) is 0 Å². The average molecular weight is 303 g/mol. The van der Waals surface area contributed by atoms with Crippen LogP contribution in [0.2, 0.25) is 0 Å². The highest BCUT2D eigenvalue weighted by Gasteiger charge is 2.29. The second-order valence-electron chi connectivity index (χ2n) is 5.29. The SMILES string of the molecule is CN(C)c1nc(CNC(=O)c2cncnc2C2CC2)cs1. The molecule has 0 aliphatic heterocycles. The first-order valence-electron chi connectivity index (χ1n) is 6.85. The summed E-state index contributed by atoms with van der Waals surface area (Å²) in [5.41, 5.74) is 2.32. The number of hydrogen-bond donors (Lipinski definition) is 1. The van der Waals surface area contributed by atoms with E-state index in [4.69, 9.17) is 0 Å². The maximum atomic E-state index is 12.3. The molecule has 0 unspecified atom stereocenters. The summed E-state index contributed by atoms with van der Waals surface area (Å²) < 4.78 is 0. The van der Waals surface area contributed by atoms with Crippen molar-refractivity contribution in [2.75, 3.05) is 19.0 Å². The standard InChI is InChI=1S/C14H17N5OS/c1-19(2)14-18-10(7-21-14)5-16-13(20)11-6-15-8-17-12(11)9-3-4-9/h6-9H,3-5H2,1-2H3,(H,16,20). The molecule has 1 saturated carbocycles. The second-order valence-corrected chi connectivity index (χ2v) is 6.13. The molecule has 1 aliphatic carbocycles. The first-order chi connectivity index (χ1) is 10.1. The van der Waals surface area contributed by atoms with Gasteiger partial charge in [0.2, 0.25) is 0 Å². The molecule has 0 aromatic carbocycles. The number of anilines is 1. The monoisotopic (exact) mass is 303 g/mol. The Balaban J connectivity index is 1.66. The fraction of sp³-hybridized carbons (Fsp3) is 0.429. The largest absolute Gasteiger partial charge is 0.354 e. The van der Waals surface area contributed by atoms with E-state index < -0.39 is 0 Å². The normalized spacial score (nSPS) is 14.0. The molecule has 1 fully saturated rings. The van der Waals surface area contributed by atoms with Gasteiger partial charge in [-0.25, -0.2) is 15.0 Å². The Kier molecular flexibility index (Phi) is 3.83. The third-order valence-electron chi connectivity index (χ3n) is 3.30. The molecule has 2 aromatic heterocycles. The van der Waals surface area contributed by atoms with Gasteiger partial charge in [0.05, 0.1) is 23.5 Å². The summed E-state index contributed by atoms with van der Waals surface area (Å²) in [4.78, 5) is 26.9. The van der Waals surface area contributed by atoms with E-state index in [0.717, 1.165) is 29.4 Å². The van der Waals surface area contributed by atoms with Gasteiger partial charge in [-0.05, 0) is 12.8 Å². The molecule has 2 aromatic rings. The van der Waals surface area contributed by atoms with Gasteiger partial charge in [0, 0.05) is 31.6 Å². The molecule has 7 heteroatoms. The smallest absolute Gasteiger partial charge is 0.255 e. The average Bonchev–Trinajstić information content (AvgIpc) is 3.22. The van der Waals surface area contributed by atoms with E-state index in [1.807, 2.05) is 24.4 Å². The van der Waals surface area contributed by atoms with Crippen LogP contribution in [0.1, 0.15) is 40.5 Å². The van der Waals surface area contributed by atoms with Crippen LogP contribution in [0.3, 0.4) is 0 Å². The van der Waals surface area contributed by atoms with Crippen molar-refractivity contribution in [3.8, 4) is 0 Å². The van der Waals surface area contributed by atoms with E-state index in [-0.39, 0.29) is 5.91 Å². The third kappa shape index (κ3) is 3.18. The summed E-state index contributed by atoms with van der Waals surface area (Å²) in [7, 11) is 3.90. The highest BCUT2D eigenvalue weighted by atomic mass is 32.1. The van der Waals surface area contributed by atoms with Crippen molar-refractivity contribution >= 4 is 22.4 Å². The number of carbonyl (C=O) groups is 1. The zero-order valence-electron chi connectivity index (χ0n) is 12.0. The van der Waals surface area contributed by atoms with Gasteiger partial charge in [0.1, 0.15) is 6.33 Å². The molecule has 0 atom stereocenters. The van der Waals surface area contributed by atoms with Gasteiger partial charge in [0.25, 0.3) is 5.91 Å². The molecule has 110 valence electrons. The van der Waals surface area contributed by atoms with E-state index in [0.29, 0.717) is 18.0 Å². The Morgan fingerprint density at radius 3 is 2.95 bits per heavy atom. The van der Waals surface area contributed by atoms with E-state index in [9.17, 15) is 4.79 Å². The van der Waals surface area contributed by atoms with Crippen molar-refractivity contribution < 1.29 is 4.79 Å². The summed E-state index contributed by atoms with van der Waals surface area (Å²) in [6.45, 7) is 0.419. The molecule has 2 heterocycles. The number of carbonyl (C=O) groups excluding carboxylic acids is 1. The number of amides is 1. The van der Waals surface area contributed by atoms with Crippen LogP contribution < -0.4 is 10.2 Å². The Bertz CT molecular complexity index is 650. The Labute approximate surface area is 127 Å². The number of thiazole rings is 1. The molecule has 1 N–H and O–H groups in total. The van der Waals surface area contributed by atoms with Crippen molar-refractivity contribution in [3.05, 3.63) is 34.9 Å². The highest BCUT2D eigenvalue weighted by molar-refractivity contribution is 7.13. The molecule has 0 bridgehead atoms. The number of nitrogens with zero attached hydrogens (tertiary/aromatic N) is 4. The first-order valence-corrected chi connectivity index (χ1v) is 7.73. The van der Waals surface area contributed by atoms with Crippen LogP contribution in [-0.4, -0.2) is 35.0 Å². The molecule has 0 saturated heterocycles. The van der Waals surface area contributed by atoms with Gasteiger partial charge < -0.3 is 10.2 Å². The van der Waals surface area contributed by atoms with Crippen molar-refractivity contribution in [1.82, 2.24) is 20.3 Å². The van der Waals surface area contributed by atoms with Crippen LogP contribution >= 0.6 is 11.3 Å². The van der Waals surface area contributed by atoms with Crippen molar-refractivity contribution in [1.29, 1.82) is 0 Å². The number of aromatic nitrogens is 3. The predicted octanol–water partition coefficient (Wildman–Crippen LogP) is 1.81. The number of hydrogen-bond acceptors (Lipinski definition) is 6. The topological polar surface area (TPSA) is 71.0 Å². The van der Waals surface area contributed by atoms with E-state index >= 15 is 0 Å². The lowest BCUT2D eigenvalue weighted by molar-refractivity contribution is 0.0948. The summed E-state index contributed by atoms with van der Waals surface area (Å²) in [6.07, 6.45) is 5.32. The molecular weight excluding hydrogens is 286 g/mol. The molecule has 6 nitrogen and oxygen atoms in total. The number of nitrogens with one attached hydrogen (secondary N) is 1. The minimum atomic E-state index is -0.128. The Morgan fingerprint density at radius 2 is 2.29 bits per heavy atom. The second kappa shape index (κ2) is 5.77. The maximum absolute atomic E-state index is 12.3. The molecular formula is C14H17N5OS. The lowest BCUT2D eigenvalue weighted by atomic mass is 10.1. The van der Waals surface area contributed by atoms with Gasteiger partial charge in [-0.15, -0.1) is 11.3 Å². The molecule has 1 aliphatic rings. The van der Waals surface area contributed by atoms with E-state index in [2.05, 4.69) is 20.3 Å². The van der Waals surface area contributed by atoms with Gasteiger partial charge >= 0.3 is 0 Å². The summed E-state index contributed by atoms with van der Waals surface area (Å²) in [5, 5.41) is 5.79. The minimum Gasteiger partial charge on any atom is -0.354 e. The van der Waals surface area contributed by atoms with Crippen LogP contribution in [0.4, 0.5) is 5.13 Å². The van der Waals surface area contributed by atoms with Gasteiger partial charge in [-0.2, -0.15) is 0 Å². The van der Waals surface area contributed by atoms with Crippen molar-refractivity contribution in [2.24, 2.45) is 0 Å². The lowest BCUT2D eigenvalue weighted by Gasteiger charge is -2.07. The summed E-state index contributed by atoms with van der Waals surface area (Å²) in [6, 6.07) is 0.